The molecule has 2 rings (SSSR count). The molecule has 0 bridgehead atoms. The van der Waals surface area contributed by atoms with Crippen molar-refractivity contribution in [3.63, 3.8) is 0 Å². The van der Waals surface area contributed by atoms with Gasteiger partial charge in [0.05, 0.1) is 17.7 Å². The van der Waals surface area contributed by atoms with Gasteiger partial charge < -0.3 is 4.74 Å². The van der Waals surface area contributed by atoms with Gasteiger partial charge in [-0.1, -0.05) is 0 Å². The Balaban J connectivity index is 2.04. The van der Waals surface area contributed by atoms with E-state index >= 15 is 0 Å². The lowest BCUT2D eigenvalue weighted by molar-refractivity contribution is 0.00359. The molecule has 1 aliphatic heterocycles. The van der Waals surface area contributed by atoms with E-state index in [2.05, 4.69) is 11.0 Å². The average Bonchev–Trinajstić information content (AvgIpc) is 2.40. The summed E-state index contributed by atoms with van der Waals surface area (Å²) in [5.41, 5.74) is 1.32. The smallest absolute Gasteiger partial charge is 0.123 e. The van der Waals surface area contributed by atoms with Crippen molar-refractivity contribution in [3.05, 3.63) is 35.1 Å². The fourth-order valence-electron chi connectivity index (χ4n) is 2.57. The third-order valence-electron chi connectivity index (χ3n) is 3.45. The summed E-state index contributed by atoms with van der Waals surface area (Å²) in [5, 5.41) is 9.06. The largest absolute Gasteiger partial charge is 0.377 e. The van der Waals surface area contributed by atoms with Crippen LogP contribution in [0.2, 0.25) is 0 Å². The van der Waals surface area contributed by atoms with Gasteiger partial charge in [0.1, 0.15) is 5.82 Å². The third-order valence-corrected chi connectivity index (χ3v) is 3.45. The minimum atomic E-state index is -0.285. The van der Waals surface area contributed by atoms with Crippen LogP contribution in [0.3, 0.4) is 0 Å². The first-order chi connectivity index (χ1) is 9.22. The van der Waals surface area contributed by atoms with Gasteiger partial charge in [-0.05, 0) is 50.1 Å². The summed E-state index contributed by atoms with van der Waals surface area (Å²) in [5.74, 6) is -0.285. The van der Waals surface area contributed by atoms with Crippen molar-refractivity contribution in [2.45, 2.75) is 32.4 Å². The zero-order chi connectivity index (χ0) is 13.7. The molecule has 1 saturated heterocycles. The van der Waals surface area contributed by atoms with Crippen molar-refractivity contribution in [3.8, 4) is 6.07 Å². The standard InChI is InChI=1S/C15H19FN2O/c1-2-19-15-4-3-7-18(11-15)10-13-8-14(16)6-5-12(13)9-17/h5-6,8,15H,2-4,7,10-11H2,1H3. The summed E-state index contributed by atoms with van der Waals surface area (Å²) in [6.07, 6.45) is 2.43. The molecule has 1 aromatic rings. The molecule has 0 spiro atoms. The second-order valence-corrected chi connectivity index (χ2v) is 4.87. The highest BCUT2D eigenvalue weighted by Gasteiger charge is 2.20. The molecule has 0 radical (unpaired) electrons. The van der Waals surface area contributed by atoms with Crippen LogP contribution in [-0.2, 0) is 11.3 Å². The van der Waals surface area contributed by atoms with E-state index in [9.17, 15) is 4.39 Å². The topological polar surface area (TPSA) is 36.3 Å². The molecule has 0 saturated carbocycles. The van der Waals surface area contributed by atoms with Crippen molar-refractivity contribution < 1.29 is 9.13 Å². The van der Waals surface area contributed by atoms with Gasteiger partial charge in [-0.2, -0.15) is 5.26 Å². The highest BCUT2D eigenvalue weighted by Crippen LogP contribution is 2.18. The number of nitriles is 1. The van der Waals surface area contributed by atoms with E-state index < -0.39 is 0 Å². The van der Waals surface area contributed by atoms with Crippen LogP contribution in [0, 0.1) is 17.1 Å². The van der Waals surface area contributed by atoms with E-state index in [1.54, 1.807) is 6.07 Å². The summed E-state index contributed by atoms with van der Waals surface area (Å²) in [6, 6.07) is 6.47. The molecular weight excluding hydrogens is 243 g/mol. The molecule has 1 atom stereocenters. The van der Waals surface area contributed by atoms with Crippen molar-refractivity contribution in [2.24, 2.45) is 0 Å². The normalized spacial score (nSPS) is 20.2. The summed E-state index contributed by atoms with van der Waals surface area (Å²) in [4.78, 5) is 2.24. The lowest BCUT2D eigenvalue weighted by Crippen LogP contribution is -2.39. The maximum atomic E-state index is 13.3. The minimum Gasteiger partial charge on any atom is -0.377 e. The summed E-state index contributed by atoms with van der Waals surface area (Å²) >= 11 is 0. The fourth-order valence-corrected chi connectivity index (χ4v) is 2.57. The Labute approximate surface area is 113 Å². The monoisotopic (exact) mass is 262 g/mol. The SMILES string of the molecule is CCOC1CCCN(Cc2cc(F)ccc2C#N)C1. The van der Waals surface area contributed by atoms with Crippen LogP contribution in [0.1, 0.15) is 30.9 Å². The lowest BCUT2D eigenvalue weighted by atomic mass is 10.0. The lowest BCUT2D eigenvalue weighted by Gasteiger charge is -2.32. The molecule has 1 fully saturated rings. The van der Waals surface area contributed by atoms with E-state index in [1.807, 2.05) is 6.92 Å². The molecule has 0 N–H and O–H groups in total. The van der Waals surface area contributed by atoms with Crippen molar-refractivity contribution >= 4 is 0 Å². The van der Waals surface area contributed by atoms with Gasteiger partial charge in [-0.15, -0.1) is 0 Å². The van der Waals surface area contributed by atoms with Gasteiger partial charge in [0.25, 0.3) is 0 Å². The Hall–Kier alpha value is -1.44. The first-order valence-electron chi connectivity index (χ1n) is 6.75. The summed E-state index contributed by atoms with van der Waals surface area (Å²) < 4.78 is 18.9. The van der Waals surface area contributed by atoms with Crippen LogP contribution in [0.25, 0.3) is 0 Å². The number of hydrogen-bond donors (Lipinski definition) is 0. The molecule has 0 aliphatic carbocycles. The Morgan fingerprint density at radius 1 is 1.53 bits per heavy atom. The van der Waals surface area contributed by atoms with Crippen LogP contribution < -0.4 is 0 Å². The van der Waals surface area contributed by atoms with Gasteiger partial charge in [0.15, 0.2) is 0 Å². The van der Waals surface area contributed by atoms with Crippen molar-refractivity contribution in [2.75, 3.05) is 19.7 Å². The highest BCUT2D eigenvalue weighted by molar-refractivity contribution is 5.37. The second kappa shape index (κ2) is 6.65. The molecule has 0 aromatic heterocycles. The number of rotatable bonds is 4. The van der Waals surface area contributed by atoms with Crippen LogP contribution >= 0.6 is 0 Å². The Morgan fingerprint density at radius 3 is 3.11 bits per heavy atom. The second-order valence-electron chi connectivity index (χ2n) is 4.87. The van der Waals surface area contributed by atoms with Gasteiger partial charge in [-0.3, -0.25) is 4.90 Å². The number of piperidine rings is 1. The Morgan fingerprint density at radius 2 is 2.37 bits per heavy atom. The predicted octanol–water partition coefficient (Wildman–Crippen LogP) is 2.70. The molecule has 3 nitrogen and oxygen atoms in total. The predicted molar refractivity (Wildman–Crippen MR) is 71.0 cm³/mol. The molecule has 102 valence electrons. The summed E-state index contributed by atoms with van der Waals surface area (Å²) in [7, 11) is 0. The average molecular weight is 262 g/mol. The van der Waals surface area contributed by atoms with Crippen LogP contribution in [0.4, 0.5) is 4.39 Å². The zero-order valence-electron chi connectivity index (χ0n) is 11.2. The Bertz CT molecular complexity index is 468. The van der Waals surface area contributed by atoms with Crippen LogP contribution in [0.15, 0.2) is 18.2 Å². The first-order valence-corrected chi connectivity index (χ1v) is 6.75. The number of halogens is 1. The maximum Gasteiger partial charge on any atom is 0.123 e. The first kappa shape index (κ1) is 14.0. The molecule has 1 unspecified atom stereocenters. The van der Waals surface area contributed by atoms with Crippen LogP contribution in [0.5, 0.6) is 0 Å². The molecule has 1 aliphatic rings. The maximum absolute atomic E-state index is 13.3. The number of likely N-dealkylation sites (tertiary alicyclic amines) is 1. The van der Waals surface area contributed by atoms with Gasteiger partial charge in [0, 0.05) is 19.7 Å². The number of hydrogen-bond acceptors (Lipinski definition) is 3. The van der Waals surface area contributed by atoms with Gasteiger partial charge in [-0.25, -0.2) is 4.39 Å². The fraction of sp³-hybridized carbons (Fsp3) is 0.533. The number of benzene rings is 1. The Kier molecular flexibility index (Phi) is 4.89. The van der Waals surface area contributed by atoms with Crippen molar-refractivity contribution in [1.82, 2.24) is 4.90 Å². The number of ether oxygens (including phenoxy) is 1. The molecule has 4 heteroatoms. The molecule has 1 heterocycles. The highest BCUT2D eigenvalue weighted by atomic mass is 19.1. The quantitative estimate of drug-likeness (QED) is 0.837. The van der Waals surface area contributed by atoms with Crippen LogP contribution in [-0.4, -0.2) is 30.7 Å². The van der Waals surface area contributed by atoms with Crippen molar-refractivity contribution in [1.29, 1.82) is 5.26 Å². The summed E-state index contributed by atoms with van der Waals surface area (Å²) in [6.45, 7) is 5.17. The third kappa shape index (κ3) is 3.76. The molecule has 1 aromatic carbocycles. The molecular formula is C15H19FN2O. The van der Waals surface area contributed by atoms with Gasteiger partial charge >= 0.3 is 0 Å². The molecule has 19 heavy (non-hydrogen) atoms. The molecule has 0 amide bonds. The minimum absolute atomic E-state index is 0.262. The van der Waals surface area contributed by atoms with E-state index in [-0.39, 0.29) is 11.9 Å². The van der Waals surface area contributed by atoms with E-state index in [0.717, 1.165) is 38.1 Å². The van der Waals surface area contributed by atoms with E-state index in [4.69, 9.17) is 10.00 Å². The van der Waals surface area contributed by atoms with E-state index in [0.29, 0.717) is 12.1 Å². The number of nitrogens with zero attached hydrogens (tertiary/aromatic N) is 2. The van der Waals surface area contributed by atoms with Gasteiger partial charge in [0.2, 0.25) is 0 Å². The van der Waals surface area contributed by atoms with E-state index in [1.165, 1.54) is 12.1 Å². The zero-order valence-corrected chi connectivity index (χ0v) is 11.2.